The van der Waals surface area contributed by atoms with Crippen LogP contribution in [0.15, 0.2) is 52.9 Å². The van der Waals surface area contributed by atoms with Gasteiger partial charge in [-0.25, -0.2) is 12.7 Å². The summed E-state index contributed by atoms with van der Waals surface area (Å²) in [5.74, 6) is -1.02. The molecule has 2 aliphatic heterocycles. The SMILES string of the molecule is COc1ccc([C@@H]2C(=C(O)c3ccc(S(=O)(=O)N(C)C)cc3)C(=O)C(=O)N2CCCN2CCOCC2)cc1OC. The molecule has 0 aliphatic carbocycles. The number of methoxy groups -OCH3 is 2. The Kier molecular flexibility index (Phi) is 9.14. The van der Waals surface area contributed by atoms with Crippen molar-refractivity contribution in [3.63, 3.8) is 0 Å². The van der Waals surface area contributed by atoms with Crippen molar-refractivity contribution in [2.45, 2.75) is 17.4 Å². The van der Waals surface area contributed by atoms with Crippen molar-refractivity contribution in [2.24, 2.45) is 0 Å². The summed E-state index contributed by atoms with van der Waals surface area (Å²) in [6.07, 6.45) is 0.619. The lowest BCUT2D eigenvalue weighted by Crippen LogP contribution is -2.38. The molecule has 2 aliphatic rings. The van der Waals surface area contributed by atoms with E-state index in [0.29, 0.717) is 36.7 Å². The Bertz CT molecular complexity index is 1380. The second-order valence-electron chi connectivity index (χ2n) is 9.73. The molecule has 4 rings (SSSR count). The number of aliphatic hydroxyl groups excluding tert-OH is 1. The highest BCUT2D eigenvalue weighted by Crippen LogP contribution is 2.42. The summed E-state index contributed by atoms with van der Waals surface area (Å²) >= 11 is 0. The Morgan fingerprint density at radius 3 is 2.25 bits per heavy atom. The molecular weight excluding hydrogens is 538 g/mol. The van der Waals surface area contributed by atoms with Crippen molar-refractivity contribution >= 4 is 27.5 Å². The predicted octanol–water partition coefficient (Wildman–Crippen LogP) is 2.10. The second kappa shape index (κ2) is 12.4. The molecule has 0 bridgehead atoms. The number of ketones is 1. The number of amides is 1. The van der Waals surface area contributed by atoms with E-state index in [4.69, 9.17) is 14.2 Å². The summed E-state index contributed by atoms with van der Waals surface area (Å²) in [7, 11) is 2.16. The molecule has 2 saturated heterocycles. The largest absolute Gasteiger partial charge is 0.507 e. The number of hydrogen-bond acceptors (Lipinski definition) is 9. The van der Waals surface area contributed by atoms with Crippen LogP contribution in [-0.4, -0.2) is 107 Å². The van der Waals surface area contributed by atoms with Crippen LogP contribution in [0.2, 0.25) is 0 Å². The van der Waals surface area contributed by atoms with Crippen molar-refractivity contribution in [1.82, 2.24) is 14.1 Å². The van der Waals surface area contributed by atoms with E-state index in [2.05, 4.69) is 4.90 Å². The maximum atomic E-state index is 13.4. The number of likely N-dealkylation sites (tertiary alicyclic amines) is 1. The van der Waals surface area contributed by atoms with Crippen LogP contribution >= 0.6 is 0 Å². The lowest BCUT2D eigenvalue weighted by molar-refractivity contribution is -0.140. The summed E-state index contributed by atoms with van der Waals surface area (Å²) in [5, 5.41) is 11.4. The minimum Gasteiger partial charge on any atom is -0.507 e. The van der Waals surface area contributed by atoms with E-state index in [-0.39, 0.29) is 28.3 Å². The lowest BCUT2D eigenvalue weighted by Gasteiger charge is -2.29. The second-order valence-corrected chi connectivity index (χ2v) is 11.9. The third kappa shape index (κ3) is 5.85. The van der Waals surface area contributed by atoms with Crippen LogP contribution in [0.25, 0.3) is 5.76 Å². The first-order valence-corrected chi connectivity index (χ1v) is 14.4. The average molecular weight is 574 g/mol. The molecule has 216 valence electrons. The average Bonchev–Trinajstić information content (AvgIpc) is 3.22. The highest BCUT2D eigenvalue weighted by Gasteiger charge is 2.46. The van der Waals surface area contributed by atoms with Crippen molar-refractivity contribution in [2.75, 3.05) is 67.7 Å². The maximum absolute atomic E-state index is 13.4. The molecule has 0 saturated carbocycles. The number of Topliss-reactive ketones (excluding diaryl/α,β-unsaturated/α-hetero) is 1. The van der Waals surface area contributed by atoms with Gasteiger partial charge in [0, 0.05) is 45.8 Å². The molecular formula is C28H35N3O8S. The number of ether oxygens (including phenoxy) is 3. The normalized spacial score (nSPS) is 19.8. The third-order valence-electron chi connectivity index (χ3n) is 7.15. The van der Waals surface area contributed by atoms with E-state index in [0.717, 1.165) is 23.9 Å². The van der Waals surface area contributed by atoms with Gasteiger partial charge in [0.25, 0.3) is 11.7 Å². The minimum atomic E-state index is -3.69. The number of carbonyl (C=O) groups is 2. The molecule has 40 heavy (non-hydrogen) atoms. The van der Waals surface area contributed by atoms with Crippen LogP contribution in [0.5, 0.6) is 11.5 Å². The Hall–Kier alpha value is -3.45. The number of nitrogens with zero attached hydrogens (tertiary/aromatic N) is 3. The number of morpholine rings is 1. The molecule has 0 radical (unpaired) electrons. The Balaban J connectivity index is 1.74. The fraction of sp³-hybridized carbons (Fsp3) is 0.429. The van der Waals surface area contributed by atoms with Gasteiger partial charge in [0.1, 0.15) is 5.76 Å². The first-order chi connectivity index (χ1) is 19.1. The minimum absolute atomic E-state index is 0.0362. The number of sulfonamides is 1. The molecule has 0 aromatic heterocycles. The van der Waals surface area contributed by atoms with Gasteiger partial charge in [0.05, 0.1) is 43.9 Å². The van der Waals surface area contributed by atoms with Gasteiger partial charge in [0.15, 0.2) is 11.5 Å². The van der Waals surface area contributed by atoms with Gasteiger partial charge in [-0.3, -0.25) is 14.5 Å². The molecule has 1 atom stereocenters. The van der Waals surface area contributed by atoms with Crippen LogP contribution in [0.1, 0.15) is 23.6 Å². The van der Waals surface area contributed by atoms with E-state index >= 15 is 0 Å². The van der Waals surface area contributed by atoms with Crippen LogP contribution in [0, 0.1) is 0 Å². The number of hydrogen-bond donors (Lipinski definition) is 1. The molecule has 0 spiro atoms. The summed E-state index contributed by atoms with van der Waals surface area (Å²) < 4.78 is 42.3. The van der Waals surface area contributed by atoms with Crippen LogP contribution < -0.4 is 9.47 Å². The van der Waals surface area contributed by atoms with Crippen molar-refractivity contribution < 1.29 is 37.3 Å². The Labute approximate surface area is 234 Å². The molecule has 2 fully saturated rings. The first kappa shape index (κ1) is 29.5. The topological polar surface area (TPSA) is 126 Å². The fourth-order valence-electron chi connectivity index (χ4n) is 4.92. The molecule has 1 N–H and O–H groups in total. The van der Waals surface area contributed by atoms with Gasteiger partial charge in [-0.15, -0.1) is 0 Å². The van der Waals surface area contributed by atoms with E-state index in [1.807, 2.05) is 0 Å². The summed E-state index contributed by atoms with van der Waals surface area (Å²) in [5.41, 5.74) is 0.706. The molecule has 2 aromatic rings. The van der Waals surface area contributed by atoms with Gasteiger partial charge in [-0.2, -0.15) is 0 Å². The van der Waals surface area contributed by atoms with Gasteiger partial charge in [-0.05, 0) is 48.4 Å². The summed E-state index contributed by atoms with van der Waals surface area (Å²) in [6, 6.07) is 9.77. The van der Waals surface area contributed by atoms with Crippen molar-refractivity contribution in [3.8, 4) is 11.5 Å². The van der Waals surface area contributed by atoms with Gasteiger partial charge >= 0.3 is 0 Å². The Morgan fingerprint density at radius 1 is 1.00 bits per heavy atom. The number of benzene rings is 2. The van der Waals surface area contributed by atoms with E-state index in [1.54, 1.807) is 18.2 Å². The molecule has 1 amide bonds. The van der Waals surface area contributed by atoms with Crippen LogP contribution in [0.3, 0.4) is 0 Å². The zero-order valence-corrected chi connectivity index (χ0v) is 23.9. The van der Waals surface area contributed by atoms with Gasteiger partial charge in [-0.1, -0.05) is 6.07 Å². The van der Waals surface area contributed by atoms with Crippen LogP contribution in [0.4, 0.5) is 0 Å². The summed E-state index contributed by atoms with van der Waals surface area (Å²) in [4.78, 5) is 30.4. The molecule has 2 heterocycles. The maximum Gasteiger partial charge on any atom is 0.295 e. The Morgan fingerprint density at radius 2 is 1.65 bits per heavy atom. The number of rotatable bonds is 10. The molecule has 0 unspecified atom stereocenters. The van der Waals surface area contributed by atoms with E-state index in [9.17, 15) is 23.1 Å². The van der Waals surface area contributed by atoms with Crippen LogP contribution in [-0.2, 0) is 24.3 Å². The van der Waals surface area contributed by atoms with E-state index < -0.39 is 27.8 Å². The highest BCUT2D eigenvalue weighted by molar-refractivity contribution is 7.89. The number of carbonyl (C=O) groups excluding carboxylic acids is 2. The third-order valence-corrected chi connectivity index (χ3v) is 8.98. The highest BCUT2D eigenvalue weighted by atomic mass is 32.2. The van der Waals surface area contributed by atoms with Crippen molar-refractivity contribution in [3.05, 3.63) is 59.2 Å². The number of aliphatic hydroxyl groups is 1. The molecule has 2 aromatic carbocycles. The smallest absolute Gasteiger partial charge is 0.295 e. The van der Waals surface area contributed by atoms with Gasteiger partial charge < -0.3 is 24.2 Å². The molecule has 12 heteroatoms. The van der Waals surface area contributed by atoms with E-state index in [1.165, 1.54) is 57.5 Å². The lowest BCUT2D eigenvalue weighted by atomic mass is 9.95. The standard InChI is InChI=1S/C28H35N3O8S/c1-29(2)40(35,36)21-9-6-19(7-10-21)26(32)24-25(20-8-11-22(37-3)23(18-20)38-4)31(28(34)27(24)33)13-5-12-30-14-16-39-17-15-30/h6-11,18,25,32H,5,12-17H2,1-4H3/t25-/m1/s1. The summed E-state index contributed by atoms with van der Waals surface area (Å²) in [6.45, 7) is 3.94. The predicted molar refractivity (Wildman–Crippen MR) is 148 cm³/mol. The first-order valence-electron chi connectivity index (χ1n) is 12.9. The quantitative estimate of drug-likeness (QED) is 0.258. The van der Waals surface area contributed by atoms with Crippen molar-refractivity contribution in [1.29, 1.82) is 0 Å². The fourth-order valence-corrected chi connectivity index (χ4v) is 5.82. The monoisotopic (exact) mass is 573 g/mol. The van der Waals surface area contributed by atoms with Gasteiger partial charge in [0.2, 0.25) is 10.0 Å². The zero-order valence-electron chi connectivity index (χ0n) is 23.1. The molecule has 11 nitrogen and oxygen atoms in total. The zero-order chi connectivity index (χ0) is 29.0.